The van der Waals surface area contributed by atoms with Crippen molar-refractivity contribution in [3.8, 4) is 11.4 Å². The molecule has 1 aliphatic carbocycles. The van der Waals surface area contributed by atoms with Crippen LogP contribution < -0.4 is 10.9 Å². The standard InChI is InChI=1S/C26H23F6N3O3/c1-2-19-22(29)25(37)35-23(34-19)20-18(26(30,31)32)7-6-14(21(20)28)11-33-24(36)15-9-17(10-15)38-12-13-4-3-5-16(27)8-13/h3-8,15,17H,2,9-12H2,1H3,(H,33,36)(H,34,35,37). The maximum Gasteiger partial charge on any atom is 0.417 e. The zero-order chi connectivity index (χ0) is 27.6. The second-order valence-electron chi connectivity index (χ2n) is 8.94. The second-order valence-corrected chi connectivity index (χ2v) is 8.94. The Kier molecular flexibility index (Phi) is 7.91. The second kappa shape index (κ2) is 11.0. The van der Waals surface area contributed by atoms with Crippen LogP contribution in [0.15, 0.2) is 41.2 Å². The molecule has 1 fully saturated rings. The van der Waals surface area contributed by atoms with E-state index in [1.807, 2.05) is 4.98 Å². The Balaban J connectivity index is 1.45. The van der Waals surface area contributed by atoms with Crippen LogP contribution in [0.5, 0.6) is 0 Å². The van der Waals surface area contributed by atoms with Gasteiger partial charge in [0.2, 0.25) is 11.7 Å². The number of nitrogens with zero attached hydrogens (tertiary/aromatic N) is 1. The Morgan fingerprint density at radius 3 is 2.53 bits per heavy atom. The fourth-order valence-electron chi connectivity index (χ4n) is 4.16. The molecule has 0 bridgehead atoms. The first kappa shape index (κ1) is 27.4. The van der Waals surface area contributed by atoms with E-state index in [1.54, 1.807) is 12.1 Å². The van der Waals surface area contributed by atoms with Gasteiger partial charge < -0.3 is 15.0 Å². The largest absolute Gasteiger partial charge is 0.417 e. The average Bonchev–Trinajstić information content (AvgIpc) is 2.83. The molecule has 0 atom stereocenters. The van der Waals surface area contributed by atoms with E-state index in [9.17, 15) is 31.5 Å². The molecule has 0 radical (unpaired) electrons. The van der Waals surface area contributed by atoms with Gasteiger partial charge in [0.15, 0.2) is 0 Å². The molecule has 1 aromatic heterocycles. The van der Waals surface area contributed by atoms with Crippen molar-refractivity contribution in [2.24, 2.45) is 5.92 Å². The number of hydrogen-bond donors (Lipinski definition) is 2. The van der Waals surface area contributed by atoms with Crippen molar-refractivity contribution in [2.45, 2.75) is 51.6 Å². The van der Waals surface area contributed by atoms with Crippen molar-refractivity contribution in [3.63, 3.8) is 0 Å². The van der Waals surface area contributed by atoms with Gasteiger partial charge in [-0.25, -0.2) is 13.8 Å². The average molecular weight is 539 g/mol. The van der Waals surface area contributed by atoms with Gasteiger partial charge in [-0.3, -0.25) is 9.59 Å². The molecule has 0 spiro atoms. The van der Waals surface area contributed by atoms with E-state index in [0.717, 1.165) is 6.07 Å². The molecule has 202 valence electrons. The Morgan fingerprint density at radius 2 is 1.87 bits per heavy atom. The third kappa shape index (κ3) is 5.90. The van der Waals surface area contributed by atoms with Gasteiger partial charge in [-0.05, 0) is 43.0 Å². The van der Waals surface area contributed by atoms with Gasteiger partial charge in [-0.2, -0.15) is 17.6 Å². The van der Waals surface area contributed by atoms with E-state index in [0.29, 0.717) is 24.5 Å². The maximum atomic E-state index is 15.4. The van der Waals surface area contributed by atoms with E-state index >= 15 is 4.39 Å². The maximum absolute atomic E-state index is 15.4. The number of carbonyl (C=O) groups is 1. The number of aryl methyl sites for hydroxylation is 1. The lowest BCUT2D eigenvalue weighted by molar-refractivity contribution is -0.137. The molecule has 2 aromatic carbocycles. The summed E-state index contributed by atoms with van der Waals surface area (Å²) < 4.78 is 89.1. The molecule has 1 saturated carbocycles. The molecule has 0 unspecified atom stereocenters. The molecule has 0 aliphatic heterocycles. The SMILES string of the molecule is CCc1nc(-c2c(C(F)(F)F)ccc(CNC(=O)C3CC(OCc4cccc(F)c4)C3)c2F)[nH]c(=O)c1F. The quantitative estimate of drug-likeness (QED) is 0.393. The van der Waals surface area contributed by atoms with Crippen LogP contribution in [-0.4, -0.2) is 22.0 Å². The fourth-order valence-corrected chi connectivity index (χ4v) is 4.16. The molecule has 1 aliphatic rings. The predicted octanol–water partition coefficient (Wildman–Crippen LogP) is 5.05. The van der Waals surface area contributed by atoms with Crippen LogP contribution in [-0.2, 0) is 35.3 Å². The molecule has 0 saturated heterocycles. The summed E-state index contributed by atoms with van der Waals surface area (Å²) in [5.41, 5.74) is -3.80. The van der Waals surface area contributed by atoms with Crippen molar-refractivity contribution in [2.75, 3.05) is 0 Å². The van der Waals surface area contributed by atoms with Gasteiger partial charge >= 0.3 is 6.18 Å². The van der Waals surface area contributed by atoms with Crippen molar-refractivity contribution in [1.29, 1.82) is 0 Å². The molecule has 4 rings (SSSR count). The molecule has 3 aromatic rings. The summed E-state index contributed by atoms with van der Waals surface area (Å²) in [5.74, 6) is -4.62. The Morgan fingerprint density at radius 1 is 1.13 bits per heavy atom. The minimum atomic E-state index is -5.00. The van der Waals surface area contributed by atoms with Crippen LogP contribution in [0, 0.1) is 23.4 Å². The third-order valence-corrected chi connectivity index (χ3v) is 6.32. The molecular formula is C26H23F6N3O3. The lowest BCUT2D eigenvalue weighted by atomic mass is 9.81. The zero-order valence-electron chi connectivity index (χ0n) is 20.1. The van der Waals surface area contributed by atoms with Crippen molar-refractivity contribution >= 4 is 5.91 Å². The fraction of sp³-hybridized carbons (Fsp3) is 0.346. The monoisotopic (exact) mass is 539 g/mol. The topological polar surface area (TPSA) is 84.1 Å². The first-order valence-corrected chi connectivity index (χ1v) is 11.8. The highest BCUT2D eigenvalue weighted by Gasteiger charge is 2.38. The van der Waals surface area contributed by atoms with Gasteiger partial charge in [-0.1, -0.05) is 25.1 Å². The number of aromatic nitrogens is 2. The number of halogens is 6. The van der Waals surface area contributed by atoms with Gasteiger partial charge in [0.05, 0.1) is 29.5 Å². The highest BCUT2D eigenvalue weighted by molar-refractivity contribution is 5.79. The highest BCUT2D eigenvalue weighted by Crippen LogP contribution is 2.38. The van der Waals surface area contributed by atoms with Gasteiger partial charge in [0, 0.05) is 18.0 Å². The van der Waals surface area contributed by atoms with Crippen molar-refractivity contribution in [1.82, 2.24) is 15.3 Å². The Bertz CT molecular complexity index is 1400. The van der Waals surface area contributed by atoms with Gasteiger partial charge in [0.25, 0.3) is 5.56 Å². The number of amides is 1. The van der Waals surface area contributed by atoms with Gasteiger partial charge in [0.1, 0.15) is 17.5 Å². The van der Waals surface area contributed by atoms with Crippen molar-refractivity contribution in [3.05, 3.63) is 86.6 Å². The minimum Gasteiger partial charge on any atom is -0.373 e. The number of benzene rings is 2. The summed E-state index contributed by atoms with van der Waals surface area (Å²) in [7, 11) is 0. The number of aromatic amines is 1. The summed E-state index contributed by atoms with van der Waals surface area (Å²) in [6.07, 6.45) is -4.57. The third-order valence-electron chi connectivity index (χ3n) is 6.32. The number of rotatable bonds is 8. The van der Waals surface area contributed by atoms with E-state index in [1.165, 1.54) is 19.1 Å². The number of nitrogens with one attached hydrogen (secondary N) is 2. The molecular weight excluding hydrogens is 516 g/mol. The lowest BCUT2D eigenvalue weighted by Crippen LogP contribution is -2.42. The summed E-state index contributed by atoms with van der Waals surface area (Å²) >= 11 is 0. The van der Waals surface area contributed by atoms with Crippen LogP contribution in [0.2, 0.25) is 0 Å². The first-order chi connectivity index (χ1) is 18.0. The lowest BCUT2D eigenvalue weighted by Gasteiger charge is -2.34. The minimum absolute atomic E-state index is 0.101. The predicted molar refractivity (Wildman–Crippen MR) is 124 cm³/mol. The Hall–Kier alpha value is -3.67. The number of hydrogen-bond acceptors (Lipinski definition) is 4. The van der Waals surface area contributed by atoms with Crippen LogP contribution >= 0.6 is 0 Å². The van der Waals surface area contributed by atoms with E-state index in [4.69, 9.17) is 4.74 Å². The zero-order valence-corrected chi connectivity index (χ0v) is 20.1. The summed E-state index contributed by atoms with van der Waals surface area (Å²) in [6.45, 7) is 1.20. The summed E-state index contributed by atoms with van der Waals surface area (Å²) in [5, 5.41) is 2.51. The molecule has 1 heterocycles. The normalized spacial score (nSPS) is 17.2. The smallest absolute Gasteiger partial charge is 0.373 e. The summed E-state index contributed by atoms with van der Waals surface area (Å²) in [4.78, 5) is 30.0. The van der Waals surface area contributed by atoms with E-state index in [-0.39, 0.29) is 30.5 Å². The summed E-state index contributed by atoms with van der Waals surface area (Å²) in [6, 6.07) is 7.43. The molecule has 38 heavy (non-hydrogen) atoms. The Labute approximate surface area is 213 Å². The molecule has 6 nitrogen and oxygen atoms in total. The molecule has 2 N–H and O–H groups in total. The number of ether oxygens (including phenoxy) is 1. The van der Waals surface area contributed by atoms with Gasteiger partial charge in [-0.15, -0.1) is 0 Å². The van der Waals surface area contributed by atoms with Crippen LogP contribution in [0.4, 0.5) is 26.3 Å². The number of H-pyrrole nitrogens is 1. The van der Waals surface area contributed by atoms with E-state index in [2.05, 4.69) is 10.3 Å². The number of carbonyl (C=O) groups excluding carboxylic acids is 1. The van der Waals surface area contributed by atoms with Crippen LogP contribution in [0.3, 0.4) is 0 Å². The van der Waals surface area contributed by atoms with Crippen molar-refractivity contribution < 1.29 is 35.9 Å². The van der Waals surface area contributed by atoms with Crippen LogP contribution in [0.1, 0.15) is 42.1 Å². The number of alkyl halides is 3. The van der Waals surface area contributed by atoms with Crippen LogP contribution in [0.25, 0.3) is 11.4 Å². The molecule has 1 amide bonds. The van der Waals surface area contributed by atoms with E-state index < -0.39 is 64.4 Å². The highest BCUT2D eigenvalue weighted by atomic mass is 19.4. The molecule has 12 heteroatoms. The first-order valence-electron chi connectivity index (χ1n) is 11.8.